The van der Waals surface area contributed by atoms with Gasteiger partial charge in [-0.1, -0.05) is 12.1 Å². The zero-order valence-corrected chi connectivity index (χ0v) is 8.66. The highest BCUT2D eigenvalue weighted by Gasteiger charge is 2.00. The number of ether oxygens (including phenoxy) is 1. The molecule has 2 rings (SSSR count). The Kier molecular flexibility index (Phi) is 2.93. The summed E-state index contributed by atoms with van der Waals surface area (Å²) in [6.45, 7) is 0.771. The van der Waals surface area contributed by atoms with Crippen molar-refractivity contribution in [1.29, 1.82) is 0 Å². The van der Waals surface area contributed by atoms with Gasteiger partial charge in [0.2, 0.25) is 0 Å². The van der Waals surface area contributed by atoms with Crippen LogP contribution in [0.2, 0.25) is 0 Å². The highest BCUT2D eigenvalue weighted by atomic mass is 16.5. The summed E-state index contributed by atoms with van der Waals surface area (Å²) in [6.07, 6.45) is 1.92. The Morgan fingerprint density at radius 1 is 1.20 bits per heavy atom. The zero-order valence-electron chi connectivity index (χ0n) is 8.66. The molecule has 0 atom stereocenters. The van der Waals surface area contributed by atoms with Gasteiger partial charge in [0.15, 0.2) is 0 Å². The van der Waals surface area contributed by atoms with Gasteiger partial charge in [0.1, 0.15) is 5.75 Å². The van der Waals surface area contributed by atoms with Crippen LogP contribution in [0.4, 0.5) is 5.69 Å². The maximum absolute atomic E-state index is 5.24. The van der Waals surface area contributed by atoms with Crippen molar-refractivity contribution >= 4 is 5.69 Å². The number of benzene rings is 1. The topological polar surface area (TPSA) is 37.0 Å². The summed E-state index contributed by atoms with van der Waals surface area (Å²) in [6, 6.07) is 11.9. The van der Waals surface area contributed by atoms with E-state index in [4.69, 9.17) is 4.74 Å². The fourth-order valence-corrected chi connectivity index (χ4v) is 1.46. The molecule has 0 bridgehead atoms. The Hall–Kier alpha value is -1.90. The molecule has 0 aliphatic carbocycles. The van der Waals surface area contributed by atoms with Gasteiger partial charge >= 0.3 is 0 Å². The molecule has 0 fully saturated rings. The van der Waals surface area contributed by atoms with Crippen LogP contribution < -0.4 is 10.1 Å². The van der Waals surface area contributed by atoms with Gasteiger partial charge in [0.25, 0.3) is 0 Å². The first-order valence-corrected chi connectivity index (χ1v) is 4.89. The summed E-state index contributed by atoms with van der Waals surface area (Å²) in [5, 5.41) is 3.31. The molecular weight excluding hydrogens is 188 g/mol. The van der Waals surface area contributed by atoms with E-state index in [0.717, 1.165) is 23.7 Å². The van der Waals surface area contributed by atoms with E-state index in [2.05, 4.69) is 10.3 Å². The molecule has 0 saturated carbocycles. The summed E-state index contributed by atoms with van der Waals surface area (Å²) < 4.78 is 5.24. The zero-order chi connectivity index (χ0) is 10.5. The quantitative estimate of drug-likeness (QED) is 0.799. The molecule has 3 heteroatoms. The number of hydrogen-bond donors (Lipinski definition) is 2. The lowest BCUT2D eigenvalue weighted by atomic mass is 10.3. The number of para-hydroxylation sites is 2. The first kappa shape index (κ1) is 9.65. The van der Waals surface area contributed by atoms with Crippen LogP contribution in [-0.4, -0.2) is 12.1 Å². The molecule has 0 aliphatic heterocycles. The molecule has 3 nitrogen and oxygen atoms in total. The second-order valence-electron chi connectivity index (χ2n) is 3.25. The third-order valence-corrected chi connectivity index (χ3v) is 2.24. The summed E-state index contributed by atoms with van der Waals surface area (Å²) >= 11 is 0. The molecule has 1 aromatic carbocycles. The Morgan fingerprint density at radius 3 is 2.80 bits per heavy atom. The monoisotopic (exact) mass is 202 g/mol. The molecule has 0 radical (unpaired) electrons. The van der Waals surface area contributed by atoms with E-state index in [-0.39, 0.29) is 0 Å². The smallest absolute Gasteiger partial charge is 0.141 e. The van der Waals surface area contributed by atoms with Crippen LogP contribution in [0.25, 0.3) is 0 Å². The summed E-state index contributed by atoms with van der Waals surface area (Å²) in [5.41, 5.74) is 2.16. The third kappa shape index (κ3) is 2.31. The molecule has 15 heavy (non-hydrogen) atoms. The van der Waals surface area contributed by atoms with Gasteiger partial charge in [-0.15, -0.1) is 0 Å². The molecule has 0 aliphatic rings. The minimum absolute atomic E-state index is 0.771. The van der Waals surface area contributed by atoms with Crippen molar-refractivity contribution in [2.24, 2.45) is 0 Å². The largest absolute Gasteiger partial charge is 0.495 e. The van der Waals surface area contributed by atoms with Gasteiger partial charge in [-0.2, -0.15) is 0 Å². The van der Waals surface area contributed by atoms with E-state index >= 15 is 0 Å². The van der Waals surface area contributed by atoms with Crippen molar-refractivity contribution in [2.75, 3.05) is 12.4 Å². The Morgan fingerprint density at radius 2 is 2.07 bits per heavy atom. The summed E-state index contributed by atoms with van der Waals surface area (Å²) in [4.78, 5) is 3.14. The van der Waals surface area contributed by atoms with E-state index in [1.54, 1.807) is 7.11 Å². The van der Waals surface area contributed by atoms with Crippen LogP contribution in [0, 0.1) is 0 Å². The number of hydrogen-bond acceptors (Lipinski definition) is 2. The average Bonchev–Trinajstić information content (AvgIpc) is 2.79. The fourth-order valence-electron chi connectivity index (χ4n) is 1.46. The highest BCUT2D eigenvalue weighted by molar-refractivity contribution is 5.56. The van der Waals surface area contributed by atoms with Gasteiger partial charge in [-0.25, -0.2) is 0 Å². The third-order valence-electron chi connectivity index (χ3n) is 2.24. The van der Waals surface area contributed by atoms with Gasteiger partial charge in [-0.05, 0) is 24.3 Å². The predicted molar refractivity (Wildman–Crippen MR) is 61.1 cm³/mol. The molecule has 2 aromatic rings. The number of anilines is 1. The van der Waals surface area contributed by atoms with Crippen molar-refractivity contribution in [1.82, 2.24) is 4.98 Å². The highest BCUT2D eigenvalue weighted by Crippen LogP contribution is 2.23. The minimum atomic E-state index is 0.771. The van der Waals surface area contributed by atoms with E-state index in [1.165, 1.54) is 0 Å². The van der Waals surface area contributed by atoms with Crippen LogP contribution in [-0.2, 0) is 6.54 Å². The van der Waals surface area contributed by atoms with E-state index < -0.39 is 0 Å². The number of methoxy groups -OCH3 is 1. The van der Waals surface area contributed by atoms with Crippen LogP contribution in [0.15, 0.2) is 42.6 Å². The Labute approximate surface area is 89.1 Å². The second-order valence-corrected chi connectivity index (χ2v) is 3.25. The lowest BCUT2D eigenvalue weighted by Gasteiger charge is -2.09. The molecule has 1 heterocycles. The summed E-state index contributed by atoms with van der Waals surface area (Å²) in [5.74, 6) is 0.865. The maximum Gasteiger partial charge on any atom is 0.141 e. The van der Waals surface area contributed by atoms with E-state index in [0.29, 0.717) is 0 Å². The first-order chi connectivity index (χ1) is 7.40. The number of H-pyrrole nitrogens is 1. The normalized spacial score (nSPS) is 9.93. The van der Waals surface area contributed by atoms with Crippen molar-refractivity contribution in [3.05, 3.63) is 48.3 Å². The first-order valence-electron chi connectivity index (χ1n) is 4.89. The van der Waals surface area contributed by atoms with Gasteiger partial charge in [0, 0.05) is 11.9 Å². The minimum Gasteiger partial charge on any atom is -0.495 e. The molecule has 0 unspecified atom stereocenters. The molecule has 1 aromatic heterocycles. The van der Waals surface area contributed by atoms with Gasteiger partial charge in [0.05, 0.1) is 19.3 Å². The van der Waals surface area contributed by atoms with Crippen molar-refractivity contribution in [3.8, 4) is 5.75 Å². The van der Waals surface area contributed by atoms with Gasteiger partial charge in [-0.3, -0.25) is 0 Å². The Balaban J connectivity index is 2.04. The lowest BCUT2D eigenvalue weighted by molar-refractivity contribution is 0.416. The second kappa shape index (κ2) is 4.55. The number of rotatable bonds is 4. The van der Waals surface area contributed by atoms with E-state index in [9.17, 15) is 0 Å². The van der Waals surface area contributed by atoms with Crippen molar-refractivity contribution < 1.29 is 4.74 Å². The fraction of sp³-hybridized carbons (Fsp3) is 0.167. The summed E-state index contributed by atoms with van der Waals surface area (Å²) in [7, 11) is 1.68. The van der Waals surface area contributed by atoms with Crippen molar-refractivity contribution in [3.63, 3.8) is 0 Å². The molecular formula is C12H14N2O. The van der Waals surface area contributed by atoms with Crippen LogP contribution in [0.3, 0.4) is 0 Å². The van der Waals surface area contributed by atoms with Gasteiger partial charge < -0.3 is 15.0 Å². The van der Waals surface area contributed by atoms with E-state index in [1.807, 2.05) is 42.6 Å². The number of nitrogens with one attached hydrogen (secondary N) is 2. The number of aromatic nitrogens is 1. The van der Waals surface area contributed by atoms with Crippen molar-refractivity contribution in [2.45, 2.75) is 6.54 Å². The molecule has 78 valence electrons. The van der Waals surface area contributed by atoms with Crippen LogP contribution in [0.1, 0.15) is 5.69 Å². The predicted octanol–water partition coefficient (Wildman–Crippen LogP) is 2.64. The van der Waals surface area contributed by atoms with Crippen LogP contribution in [0.5, 0.6) is 5.75 Å². The van der Waals surface area contributed by atoms with Crippen LogP contribution >= 0.6 is 0 Å². The average molecular weight is 202 g/mol. The molecule has 0 saturated heterocycles. The lowest BCUT2D eigenvalue weighted by Crippen LogP contribution is -2.01. The Bertz CT molecular complexity index is 409. The molecule has 0 spiro atoms. The molecule has 2 N–H and O–H groups in total. The molecule has 0 amide bonds. The standard InChI is InChI=1S/C12H14N2O/c1-15-12-7-3-2-6-11(12)14-9-10-5-4-8-13-10/h2-8,13-14H,9H2,1H3. The maximum atomic E-state index is 5.24. The number of aromatic amines is 1. The SMILES string of the molecule is COc1ccccc1NCc1ccc[nH]1.